The van der Waals surface area contributed by atoms with Crippen LogP contribution in [0.15, 0.2) is 0 Å². The van der Waals surface area contributed by atoms with Gasteiger partial charge in [-0.3, -0.25) is 24.2 Å². The number of hydrogen-bond acceptors (Lipinski definition) is 5. The number of nitrogens with one attached hydrogen (secondary N) is 2. The summed E-state index contributed by atoms with van der Waals surface area (Å²) in [5.74, 6) is 0. The fraction of sp³-hybridized carbons (Fsp3) is 1.00. The summed E-state index contributed by atoms with van der Waals surface area (Å²) in [4.78, 5) is 0. The minimum atomic E-state index is -2.67. The lowest BCUT2D eigenvalue weighted by molar-refractivity contribution is -0.00946. The molecule has 0 saturated heterocycles. The lowest BCUT2D eigenvalue weighted by Gasteiger charge is -2.39. The van der Waals surface area contributed by atoms with Crippen molar-refractivity contribution >= 4 is 8.25 Å². The van der Waals surface area contributed by atoms with Crippen LogP contribution >= 0.6 is 8.25 Å². The predicted octanol–water partition coefficient (Wildman–Crippen LogP) is 4.93. The first kappa shape index (κ1) is 24.1. The van der Waals surface area contributed by atoms with Crippen molar-refractivity contribution in [1.29, 1.82) is 0 Å². The monoisotopic (exact) mass is 364 g/mol. The largest absolute Gasteiger partial charge is 0.322 e. The topological polar surface area (TPSA) is 59.6 Å². The van der Waals surface area contributed by atoms with Crippen LogP contribution in [0.3, 0.4) is 0 Å². The number of hydrogen-bond donors (Lipinski definition) is 2. The van der Waals surface area contributed by atoms with Crippen molar-refractivity contribution in [3.8, 4) is 0 Å². The molecule has 0 aliphatic rings. The van der Waals surface area contributed by atoms with Crippen molar-refractivity contribution < 1.29 is 13.6 Å². The molecule has 0 rings (SSSR count). The molecule has 0 aromatic carbocycles. The fourth-order valence-corrected chi connectivity index (χ4v) is 3.12. The molecule has 24 heavy (non-hydrogen) atoms. The molecule has 6 heteroatoms. The zero-order chi connectivity index (χ0) is 19.6. The second-order valence-electron chi connectivity index (χ2n) is 10.8. The Kier molecular flexibility index (Phi) is 8.20. The van der Waals surface area contributed by atoms with Gasteiger partial charge in [-0.2, -0.15) is 0 Å². The predicted molar refractivity (Wildman–Crippen MR) is 103 cm³/mol. The molecular weight excluding hydrogens is 323 g/mol. The fourth-order valence-electron chi connectivity index (χ4n) is 1.85. The molecule has 0 spiro atoms. The maximum Gasteiger partial charge on any atom is 0.322 e. The molecule has 0 aromatic heterocycles. The van der Waals surface area contributed by atoms with Gasteiger partial charge in [0.2, 0.25) is 0 Å². The normalized spacial score (nSPS) is 18.3. The molecule has 0 aliphatic carbocycles. The van der Waals surface area contributed by atoms with Crippen LogP contribution in [0.25, 0.3) is 0 Å². The third-order valence-electron chi connectivity index (χ3n) is 3.13. The molecule has 0 bridgehead atoms. The summed E-state index contributed by atoms with van der Waals surface area (Å²) in [6.45, 7) is 24.7. The summed E-state index contributed by atoms with van der Waals surface area (Å²) < 4.78 is 24.2. The molecule has 0 fully saturated rings. The van der Waals surface area contributed by atoms with Gasteiger partial charge in [0, 0.05) is 21.9 Å². The van der Waals surface area contributed by atoms with Gasteiger partial charge in [0.05, 0.1) is 0 Å². The molecule has 0 aliphatic heterocycles. The minimum Gasteiger partial charge on any atom is -0.291 e. The standard InChI is InChI=1S/C18H41N2O3P/c1-15(2,3)13(19-17(7,8)9)22-24(21)23-14(16(4,5)6)20-18(10,11)12/h13-14,19-20,24H,1-12H3. The van der Waals surface area contributed by atoms with Crippen molar-refractivity contribution in [2.24, 2.45) is 10.8 Å². The quantitative estimate of drug-likeness (QED) is 0.517. The summed E-state index contributed by atoms with van der Waals surface area (Å²) in [5.41, 5.74) is -0.697. The van der Waals surface area contributed by atoms with Crippen molar-refractivity contribution in [2.45, 2.75) is 107 Å². The van der Waals surface area contributed by atoms with Gasteiger partial charge in [-0.05, 0) is 41.5 Å². The maximum absolute atomic E-state index is 12.6. The van der Waals surface area contributed by atoms with Crippen molar-refractivity contribution in [1.82, 2.24) is 10.6 Å². The summed E-state index contributed by atoms with van der Waals surface area (Å²) >= 11 is 0. The molecule has 2 atom stereocenters. The highest BCUT2D eigenvalue weighted by atomic mass is 31.1. The molecule has 0 heterocycles. The third-order valence-corrected chi connectivity index (χ3v) is 3.99. The Balaban J connectivity index is 5.09. The molecule has 2 N–H and O–H groups in total. The van der Waals surface area contributed by atoms with Crippen molar-refractivity contribution in [2.75, 3.05) is 0 Å². The van der Waals surface area contributed by atoms with E-state index >= 15 is 0 Å². The van der Waals surface area contributed by atoms with Crippen LogP contribution in [-0.2, 0) is 13.6 Å². The van der Waals surface area contributed by atoms with Gasteiger partial charge in [0.1, 0.15) is 12.5 Å². The second kappa shape index (κ2) is 8.18. The lowest BCUT2D eigenvalue weighted by atomic mass is 9.92. The smallest absolute Gasteiger partial charge is 0.291 e. The summed E-state index contributed by atoms with van der Waals surface area (Å²) in [6, 6.07) is 0. The van der Waals surface area contributed by atoms with E-state index in [2.05, 4.69) is 93.7 Å². The van der Waals surface area contributed by atoms with Gasteiger partial charge in [0.25, 0.3) is 0 Å². The molecule has 0 amide bonds. The zero-order valence-corrected chi connectivity index (χ0v) is 18.9. The maximum atomic E-state index is 12.6. The van der Waals surface area contributed by atoms with Crippen LogP contribution in [0.1, 0.15) is 83.1 Å². The summed E-state index contributed by atoms with van der Waals surface area (Å²) in [6.07, 6.45) is -0.724. The lowest BCUT2D eigenvalue weighted by Crippen LogP contribution is -2.51. The molecule has 0 saturated carbocycles. The SMILES string of the molecule is CC(C)(C)NC(O[PH](=O)OC(NC(C)(C)C)C(C)(C)C)C(C)(C)C. The Morgan fingerprint density at radius 1 is 0.625 bits per heavy atom. The van der Waals surface area contributed by atoms with Gasteiger partial charge in [0.15, 0.2) is 0 Å². The number of rotatable bonds is 6. The zero-order valence-electron chi connectivity index (χ0n) is 17.9. The summed E-state index contributed by atoms with van der Waals surface area (Å²) in [5, 5.41) is 6.78. The average Bonchev–Trinajstić information content (AvgIpc) is 2.20. The van der Waals surface area contributed by atoms with Gasteiger partial charge in [-0.1, -0.05) is 41.5 Å². The molecule has 0 aromatic rings. The Bertz CT molecular complexity index is 374. The van der Waals surface area contributed by atoms with E-state index in [1.54, 1.807) is 0 Å². The van der Waals surface area contributed by atoms with E-state index in [9.17, 15) is 4.57 Å². The first-order chi connectivity index (χ1) is 10.3. The van der Waals surface area contributed by atoms with E-state index in [1.165, 1.54) is 0 Å². The van der Waals surface area contributed by atoms with E-state index in [0.29, 0.717) is 0 Å². The minimum absolute atomic E-state index is 0.146. The average molecular weight is 365 g/mol. The van der Waals surface area contributed by atoms with Gasteiger partial charge >= 0.3 is 8.25 Å². The van der Waals surface area contributed by atoms with E-state index in [4.69, 9.17) is 9.05 Å². The van der Waals surface area contributed by atoms with E-state index < -0.39 is 8.25 Å². The Morgan fingerprint density at radius 3 is 1.04 bits per heavy atom. The second-order valence-corrected chi connectivity index (χ2v) is 11.7. The van der Waals surface area contributed by atoms with Crippen LogP contribution < -0.4 is 10.6 Å². The van der Waals surface area contributed by atoms with E-state index in [1.807, 2.05) is 0 Å². The van der Waals surface area contributed by atoms with Crippen LogP contribution in [0.4, 0.5) is 0 Å². The Labute approximate surface area is 150 Å². The molecular formula is C18H41N2O3P. The molecule has 0 radical (unpaired) electrons. The van der Waals surface area contributed by atoms with E-state index in [-0.39, 0.29) is 34.4 Å². The molecule has 5 nitrogen and oxygen atoms in total. The van der Waals surface area contributed by atoms with Gasteiger partial charge in [-0.25, -0.2) is 0 Å². The van der Waals surface area contributed by atoms with E-state index in [0.717, 1.165) is 0 Å². The first-order valence-electron chi connectivity index (χ1n) is 8.74. The highest BCUT2D eigenvalue weighted by Crippen LogP contribution is 2.37. The highest BCUT2D eigenvalue weighted by molar-refractivity contribution is 7.33. The van der Waals surface area contributed by atoms with Gasteiger partial charge < -0.3 is 0 Å². The third kappa shape index (κ3) is 10.8. The Hall–Kier alpha value is 0.0700. The van der Waals surface area contributed by atoms with Crippen molar-refractivity contribution in [3.05, 3.63) is 0 Å². The van der Waals surface area contributed by atoms with Crippen LogP contribution in [0, 0.1) is 10.8 Å². The summed E-state index contributed by atoms with van der Waals surface area (Å²) in [7, 11) is -2.67. The highest BCUT2D eigenvalue weighted by Gasteiger charge is 2.34. The van der Waals surface area contributed by atoms with Crippen molar-refractivity contribution in [3.63, 3.8) is 0 Å². The first-order valence-corrected chi connectivity index (χ1v) is 9.96. The molecule has 146 valence electrons. The van der Waals surface area contributed by atoms with Crippen LogP contribution in [0.5, 0.6) is 0 Å². The Morgan fingerprint density at radius 2 is 0.875 bits per heavy atom. The van der Waals surface area contributed by atoms with Crippen LogP contribution in [0.2, 0.25) is 0 Å². The molecule has 2 unspecified atom stereocenters. The van der Waals surface area contributed by atoms with Crippen LogP contribution in [-0.4, -0.2) is 23.5 Å². The van der Waals surface area contributed by atoms with Gasteiger partial charge in [-0.15, -0.1) is 0 Å².